The fraction of sp³-hybridized carbons (Fsp3) is 0.333. The Bertz CT molecular complexity index is 474. The van der Waals surface area contributed by atoms with Crippen molar-refractivity contribution in [3.8, 4) is 0 Å². The lowest BCUT2D eigenvalue weighted by atomic mass is 10.0. The van der Waals surface area contributed by atoms with Gasteiger partial charge in [0.25, 0.3) is 0 Å². The van der Waals surface area contributed by atoms with Crippen LogP contribution < -0.4 is 11.1 Å². The number of rotatable bonds is 4. The third-order valence-electron chi connectivity index (χ3n) is 2.51. The van der Waals surface area contributed by atoms with Crippen molar-refractivity contribution >= 4 is 17.6 Å². The first kappa shape index (κ1) is 14.1. The smallest absolute Gasteiger partial charge is 0.337 e. The first-order valence-electron chi connectivity index (χ1n) is 5.42. The standard InChI is InChI=1S/C12H15FN2O3/c1-6(2)9(14)11(16)15-10-7(12(17)18)4-3-5-8(10)13/h3-6,9H,14H2,1-2H3,(H,15,16)(H,17,18). The molecule has 0 fully saturated rings. The van der Waals surface area contributed by atoms with E-state index in [9.17, 15) is 14.0 Å². The highest BCUT2D eigenvalue weighted by molar-refractivity contribution is 6.02. The van der Waals surface area contributed by atoms with Crippen LogP contribution in [0.2, 0.25) is 0 Å². The molecule has 1 unspecified atom stereocenters. The largest absolute Gasteiger partial charge is 0.478 e. The molecular weight excluding hydrogens is 239 g/mol. The SMILES string of the molecule is CC(C)C(N)C(=O)Nc1c(F)cccc1C(=O)O. The van der Waals surface area contributed by atoms with Crippen LogP contribution in [-0.4, -0.2) is 23.0 Å². The zero-order valence-electron chi connectivity index (χ0n) is 10.1. The van der Waals surface area contributed by atoms with Crippen LogP contribution >= 0.6 is 0 Å². The molecule has 18 heavy (non-hydrogen) atoms. The van der Waals surface area contributed by atoms with Gasteiger partial charge >= 0.3 is 5.97 Å². The van der Waals surface area contributed by atoms with Gasteiger partial charge in [-0.3, -0.25) is 4.79 Å². The van der Waals surface area contributed by atoms with Crippen molar-refractivity contribution in [3.63, 3.8) is 0 Å². The maximum absolute atomic E-state index is 13.5. The molecule has 0 bridgehead atoms. The molecule has 1 amide bonds. The van der Waals surface area contributed by atoms with Crippen LogP contribution in [0.1, 0.15) is 24.2 Å². The Balaban J connectivity index is 3.04. The number of amides is 1. The summed E-state index contributed by atoms with van der Waals surface area (Å²) in [4.78, 5) is 22.6. The van der Waals surface area contributed by atoms with Crippen molar-refractivity contribution in [2.45, 2.75) is 19.9 Å². The van der Waals surface area contributed by atoms with Crippen LogP contribution in [0.4, 0.5) is 10.1 Å². The lowest BCUT2D eigenvalue weighted by Gasteiger charge is -2.16. The third-order valence-corrected chi connectivity index (χ3v) is 2.51. The number of nitrogens with two attached hydrogens (primary N) is 1. The topological polar surface area (TPSA) is 92.4 Å². The summed E-state index contributed by atoms with van der Waals surface area (Å²) >= 11 is 0. The molecule has 0 saturated heterocycles. The zero-order chi connectivity index (χ0) is 13.9. The van der Waals surface area contributed by atoms with E-state index in [1.807, 2.05) is 0 Å². The number of aromatic carboxylic acids is 1. The molecule has 0 aliphatic carbocycles. The quantitative estimate of drug-likeness (QED) is 0.758. The lowest BCUT2D eigenvalue weighted by Crippen LogP contribution is -2.40. The minimum Gasteiger partial charge on any atom is -0.478 e. The van der Waals surface area contributed by atoms with Crippen molar-refractivity contribution in [2.75, 3.05) is 5.32 Å². The van der Waals surface area contributed by atoms with Gasteiger partial charge in [-0.15, -0.1) is 0 Å². The Labute approximate surface area is 104 Å². The number of nitrogens with one attached hydrogen (secondary N) is 1. The van der Waals surface area contributed by atoms with E-state index >= 15 is 0 Å². The van der Waals surface area contributed by atoms with E-state index in [-0.39, 0.29) is 17.2 Å². The second kappa shape index (κ2) is 5.59. The molecule has 4 N–H and O–H groups in total. The van der Waals surface area contributed by atoms with Gasteiger partial charge in [-0.25, -0.2) is 9.18 Å². The summed E-state index contributed by atoms with van der Waals surface area (Å²) < 4.78 is 13.5. The van der Waals surface area contributed by atoms with Gasteiger partial charge in [0, 0.05) is 0 Å². The van der Waals surface area contributed by atoms with E-state index in [1.54, 1.807) is 13.8 Å². The summed E-state index contributed by atoms with van der Waals surface area (Å²) in [6.07, 6.45) is 0. The van der Waals surface area contributed by atoms with E-state index in [4.69, 9.17) is 10.8 Å². The molecule has 6 heteroatoms. The number of halogens is 1. The molecule has 0 heterocycles. The van der Waals surface area contributed by atoms with Gasteiger partial charge in [0.2, 0.25) is 5.91 Å². The molecular formula is C12H15FN2O3. The molecule has 0 aliphatic heterocycles. The first-order chi connectivity index (χ1) is 8.34. The minimum absolute atomic E-state index is 0.134. The number of carboxylic acid groups (broad SMARTS) is 1. The molecule has 5 nitrogen and oxygen atoms in total. The van der Waals surface area contributed by atoms with E-state index in [1.165, 1.54) is 12.1 Å². The number of carbonyl (C=O) groups is 2. The van der Waals surface area contributed by atoms with E-state index in [2.05, 4.69) is 5.32 Å². The predicted octanol–water partition coefficient (Wildman–Crippen LogP) is 1.45. The van der Waals surface area contributed by atoms with E-state index in [0.29, 0.717) is 0 Å². The Morgan fingerprint density at radius 1 is 1.39 bits per heavy atom. The summed E-state index contributed by atoms with van der Waals surface area (Å²) in [7, 11) is 0. The second-order valence-corrected chi connectivity index (χ2v) is 4.23. The second-order valence-electron chi connectivity index (χ2n) is 4.23. The van der Waals surface area contributed by atoms with Crippen molar-refractivity contribution in [3.05, 3.63) is 29.6 Å². The maximum Gasteiger partial charge on any atom is 0.337 e. The van der Waals surface area contributed by atoms with Gasteiger partial charge in [0.15, 0.2) is 0 Å². The van der Waals surface area contributed by atoms with Gasteiger partial charge in [0.1, 0.15) is 5.82 Å². The molecule has 0 radical (unpaired) electrons. The van der Waals surface area contributed by atoms with E-state index in [0.717, 1.165) is 6.07 Å². The lowest BCUT2D eigenvalue weighted by molar-refractivity contribution is -0.118. The normalized spacial score (nSPS) is 12.3. The minimum atomic E-state index is -1.32. The highest BCUT2D eigenvalue weighted by Gasteiger charge is 2.21. The molecule has 1 aromatic carbocycles. The highest BCUT2D eigenvalue weighted by atomic mass is 19.1. The Hall–Kier alpha value is -1.95. The number of anilines is 1. The van der Waals surface area contributed by atoms with Crippen molar-refractivity contribution in [1.29, 1.82) is 0 Å². The average molecular weight is 254 g/mol. The van der Waals surface area contributed by atoms with Crippen molar-refractivity contribution < 1.29 is 19.1 Å². The van der Waals surface area contributed by atoms with Gasteiger partial charge in [-0.2, -0.15) is 0 Å². The summed E-state index contributed by atoms with van der Waals surface area (Å²) in [5.74, 6) is -2.87. The van der Waals surface area contributed by atoms with Crippen LogP contribution in [0.25, 0.3) is 0 Å². The molecule has 98 valence electrons. The number of hydrogen-bond donors (Lipinski definition) is 3. The van der Waals surface area contributed by atoms with Gasteiger partial charge in [-0.05, 0) is 18.1 Å². The Kier molecular flexibility index (Phi) is 4.38. The predicted molar refractivity (Wildman–Crippen MR) is 64.8 cm³/mol. The Morgan fingerprint density at radius 2 is 2.00 bits per heavy atom. The molecule has 0 spiro atoms. The van der Waals surface area contributed by atoms with Crippen LogP contribution in [0, 0.1) is 11.7 Å². The van der Waals surface area contributed by atoms with Crippen LogP contribution in [0.15, 0.2) is 18.2 Å². The van der Waals surface area contributed by atoms with Gasteiger partial charge in [-0.1, -0.05) is 19.9 Å². The number of hydrogen-bond acceptors (Lipinski definition) is 3. The van der Waals surface area contributed by atoms with Gasteiger partial charge < -0.3 is 16.2 Å². The van der Waals surface area contributed by atoms with Gasteiger partial charge in [0.05, 0.1) is 17.3 Å². The number of carbonyl (C=O) groups excluding carboxylic acids is 1. The summed E-state index contributed by atoms with van der Waals surface area (Å²) in [6, 6.07) is 2.72. The zero-order valence-corrected chi connectivity index (χ0v) is 10.1. The number of carboxylic acids is 1. The van der Waals surface area contributed by atoms with Crippen molar-refractivity contribution in [1.82, 2.24) is 0 Å². The molecule has 0 aromatic heterocycles. The average Bonchev–Trinajstić information content (AvgIpc) is 2.30. The monoisotopic (exact) mass is 254 g/mol. The summed E-state index contributed by atoms with van der Waals surface area (Å²) in [6.45, 7) is 3.48. The van der Waals surface area contributed by atoms with Crippen molar-refractivity contribution in [2.24, 2.45) is 11.7 Å². The first-order valence-corrected chi connectivity index (χ1v) is 5.42. The fourth-order valence-corrected chi connectivity index (χ4v) is 1.34. The molecule has 1 atom stereocenters. The molecule has 1 aromatic rings. The molecule has 0 aliphatic rings. The third kappa shape index (κ3) is 3.04. The van der Waals surface area contributed by atoms with E-state index < -0.39 is 23.7 Å². The highest BCUT2D eigenvalue weighted by Crippen LogP contribution is 2.20. The number of benzene rings is 1. The van der Waals surface area contributed by atoms with Crippen LogP contribution in [0.5, 0.6) is 0 Å². The molecule has 0 saturated carbocycles. The summed E-state index contributed by atoms with van der Waals surface area (Å²) in [5.41, 5.74) is 4.94. The van der Waals surface area contributed by atoms with Crippen LogP contribution in [-0.2, 0) is 4.79 Å². The number of para-hydroxylation sites is 1. The van der Waals surface area contributed by atoms with Crippen LogP contribution in [0.3, 0.4) is 0 Å². The fourth-order valence-electron chi connectivity index (χ4n) is 1.34. The molecule has 1 rings (SSSR count). The summed E-state index contributed by atoms with van der Waals surface area (Å²) in [5, 5.41) is 11.1. The maximum atomic E-state index is 13.5. The Morgan fingerprint density at radius 3 is 2.50 bits per heavy atom.